The van der Waals surface area contributed by atoms with Gasteiger partial charge in [0.05, 0.1) is 6.42 Å². The van der Waals surface area contributed by atoms with Gasteiger partial charge in [-0.2, -0.15) is 0 Å². The molecule has 1 fully saturated rings. The van der Waals surface area contributed by atoms with Crippen LogP contribution in [0.2, 0.25) is 0 Å². The molecule has 1 rings (SSSR count). The summed E-state index contributed by atoms with van der Waals surface area (Å²) in [5.74, 6) is -2.51. The van der Waals surface area contributed by atoms with E-state index in [1.807, 2.05) is 13.8 Å². The zero-order chi connectivity index (χ0) is 12.2. The molecule has 0 aromatic heterocycles. The molecule has 0 aliphatic carbocycles. The maximum absolute atomic E-state index is 10.5. The van der Waals surface area contributed by atoms with E-state index in [0.29, 0.717) is 12.8 Å². The molecule has 0 aromatic rings. The van der Waals surface area contributed by atoms with E-state index in [1.54, 1.807) is 0 Å². The summed E-state index contributed by atoms with van der Waals surface area (Å²) in [6, 6.07) is 0. The van der Waals surface area contributed by atoms with Crippen LogP contribution in [-0.2, 0) is 18.7 Å². The van der Waals surface area contributed by atoms with Gasteiger partial charge in [-0.25, -0.2) is 0 Å². The highest BCUT2D eigenvalue weighted by Crippen LogP contribution is 2.38. The Morgan fingerprint density at radius 1 is 1.50 bits per heavy atom. The number of carbonyl (C=O) groups is 1. The van der Waals surface area contributed by atoms with Crippen LogP contribution in [0.3, 0.4) is 0 Å². The van der Waals surface area contributed by atoms with Crippen LogP contribution in [0, 0.1) is 0 Å². The summed E-state index contributed by atoms with van der Waals surface area (Å²) in [6.07, 6.45) is 1.65. The minimum atomic E-state index is -0.985. The van der Waals surface area contributed by atoms with E-state index in [9.17, 15) is 4.79 Å². The molecule has 1 N–H and O–H groups in total. The van der Waals surface area contributed by atoms with Gasteiger partial charge in [-0.05, 0) is 12.8 Å². The molecule has 91 valence electrons. The largest absolute Gasteiger partial charge is 0.481 e. The molecule has 1 aliphatic rings. The van der Waals surface area contributed by atoms with Crippen molar-refractivity contribution in [1.82, 2.24) is 0 Å². The molecular weight excluding hydrogens is 228 g/mol. The van der Waals surface area contributed by atoms with Gasteiger partial charge < -0.3 is 19.0 Å². The molecule has 1 atom stereocenters. The number of carboxylic acid groups (broad SMARTS) is 1. The van der Waals surface area contributed by atoms with Crippen LogP contribution in [-0.4, -0.2) is 39.7 Å². The topological polar surface area (TPSA) is 65.0 Å². The monoisotopic (exact) mass is 245 g/mol. The van der Waals surface area contributed by atoms with E-state index in [-0.39, 0.29) is 19.4 Å². The Labute approximate surface area is 98.6 Å². The van der Waals surface area contributed by atoms with Gasteiger partial charge in [-0.3, -0.25) is 4.79 Å². The lowest BCUT2D eigenvalue weighted by molar-refractivity contribution is -0.239. The Bertz CT molecular complexity index is 254. The SMILES string of the molecule is CCC1(CC)OCC(CCC(=O)O)(O[Si])O1. The van der Waals surface area contributed by atoms with Gasteiger partial charge in [0.1, 0.15) is 6.61 Å². The third-order valence-electron chi connectivity index (χ3n) is 2.91. The van der Waals surface area contributed by atoms with Crippen LogP contribution < -0.4 is 0 Å². The van der Waals surface area contributed by atoms with Gasteiger partial charge in [0.2, 0.25) is 10.5 Å². The summed E-state index contributed by atoms with van der Waals surface area (Å²) in [5, 5.41) is 8.66. The van der Waals surface area contributed by atoms with Crippen LogP contribution in [0.15, 0.2) is 0 Å². The molecular formula is C10H17O5Si. The molecule has 1 aliphatic heterocycles. The van der Waals surface area contributed by atoms with Crippen molar-refractivity contribution >= 4 is 16.5 Å². The van der Waals surface area contributed by atoms with Crippen molar-refractivity contribution in [3.05, 3.63) is 0 Å². The standard InChI is InChI=1S/C10H17O5Si/c1-3-9(4-2)13-7-10(14-9,15-16)6-5-8(11)12/h3-7H2,1-2H3,(H,11,12). The number of ether oxygens (including phenoxy) is 2. The summed E-state index contributed by atoms with van der Waals surface area (Å²) >= 11 is 0. The molecule has 1 saturated heterocycles. The van der Waals surface area contributed by atoms with Gasteiger partial charge in [-0.1, -0.05) is 13.8 Å². The second-order valence-corrected chi connectivity index (χ2v) is 4.12. The van der Waals surface area contributed by atoms with Crippen LogP contribution in [0.5, 0.6) is 0 Å². The van der Waals surface area contributed by atoms with Crippen molar-refractivity contribution in [1.29, 1.82) is 0 Å². The molecule has 1 heterocycles. The third kappa shape index (κ3) is 2.82. The van der Waals surface area contributed by atoms with Crippen LogP contribution in [0.25, 0.3) is 0 Å². The maximum Gasteiger partial charge on any atom is 0.303 e. The van der Waals surface area contributed by atoms with Crippen LogP contribution in [0.4, 0.5) is 0 Å². The van der Waals surface area contributed by atoms with Crippen molar-refractivity contribution in [3.63, 3.8) is 0 Å². The van der Waals surface area contributed by atoms with Gasteiger partial charge in [-0.15, -0.1) is 0 Å². The first-order valence-electron chi connectivity index (χ1n) is 5.42. The van der Waals surface area contributed by atoms with Crippen LogP contribution in [0.1, 0.15) is 39.5 Å². The van der Waals surface area contributed by atoms with Crippen molar-refractivity contribution in [2.24, 2.45) is 0 Å². The minimum absolute atomic E-state index is 0.0165. The summed E-state index contributed by atoms with van der Waals surface area (Å²) in [7, 11) is 2.95. The van der Waals surface area contributed by atoms with E-state index in [4.69, 9.17) is 19.0 Å². The Morgan fingerprint density at radius 2 is 2.12 bits per heavy atom. The average Bonchev–Trinajstić information content (AvgIpc) is 2.68. The van der Waals surface area contributed by atoms with Gasteiger partial charge in [0.25, 0.3) is 0 Å². The molecule has 0 aromatic carbocycles. The zero-order valence-corrected chi connectivity index (χ0v) is 10.6. The number of hydrogen-bond acceptors (Lipinski definition) is 4. The lowest BCUT2D eigenvalue weighted by Gasteiger charge is -2.30. The van der Waals surface area contributed by atoms with Crippen molar-refractivity contribution in [2.75, 3.05) is 6.61 Å². The molecule has 5 nitrogen and oxygen atoms in total. The van der Waals surface area contributed by atoms with Gasteiger partial charge in [0.15, 0.2) is 11.6 Å². The molecule has 1 unspecified atom stereocenters. The minimum Gasteiger partial charge on any atom is -0.481 e. The summed E-state index contributed by atoms with van der Waals surface area (Å²) in [4.78, 5) is 10.5. The number of carboxylic acids is 1. The number of aliphatic carboxylic acids is 1. The van der Waals surface area contributed by atoms with E-state index in [2.05, 4.69) is 10.5 Å². The first-order valence-corrected chi connectivity index (χ1v) is 5.83. The second kappa shape index (κ2) is 5.26. The Kier molecular flexibility index (Phi) is 4.49. The maximum atomic E-state index is 10.5. The summed E-state index contributed by atoms with van der Waals surface area (Å²) in [6.45, 7) is 4.17. The Balaban J connectivity index is 2.66. The number of rotatable bonds is 6. The predicted octanol–water partition coefficient (Wildman–Crippen LogP) is 1.21. The fourth-order valence-corrected chi connectivity index (χ4v) is 1.96. The van der Waals surface area contributed by atoms with Crippen molar-refractivity contribution in [3.8, 4) is 0 Å². The predicted molar refractivity (Wildman–Crippen MR) is 56.8 cm³/mol. The first-order chi connectivity index (χ1) is 7.51. The Hall–Kier alpha value is -0.433. The molecule has 0 saturated carbocycles. The van der Waals surface area contributed by atoms with Gasteiger partial charge in [0, 0.05) is 6.42 Å². The molecule has 0 spiro atoms. The second-order valence-electron chi connectivity index (χ2n) is 3.92. The molecule has 0 amide bonds. The van der Waals surface area contributed by atoms with E-state index >= 15 is 0 Å². The highest BCUT2D eigenvalue weighted by molar-refractivity contribution is 5.98. The normalized spacial score (nSPS) is 28.2. The lowest BCUT2D eigenvalue weighted by Crippen LogP contribution is -2.38. The number of hydrogen-bond donors (Lipinski definition) is 1. The zero-order valence-electron chi connectivity index (χ0n) is 9.62. The lowest BCUT2D eigenvalue weighted by atomic mass is 10.1. The molecule has 6 heteroatoms. The fourth-order valence-electron chi connectivity index (χ4n) is 1.76. The smallest absolute Gasteiger partial charge is 0.303 e. The highest BCUT2D eigenvalue weighted by Gasteiger charge is 2.48. The molecule has 16 heavy (non-hydrogen) atoms. The molecule has 3 radical (unpaired) electrons. The average molecular weight is 245 g/mol. The Morgan fingerprint density at radius 3 is 2.50 bits per heavy atom. The summed E-state index contributed by atoms with van der Waals surface area (Å²) in [5.41, 5.74) is 0. The molecule has 0 bridgehead atoms. The van der Waals surface area contributed by atoms with E-state index in [1.165, 1.54) is 0 Å². The van der Waals surface area contributed by atoms with Crippen molar-refractivity contribution in [2.45, 2.75) is 51.1 Å². The first kappa shape index (κ1) is 13.6. The van der Waals surface area contributed by atoms with E-state index < -0.39 is 17.5 Å². The van der Waals surface area contributed by atoms with Crippen molar-refractivity contribution < 1.29 is 23.8 Å². The van der Waals surface area contributed by atoms with Crippen LogP contribution >= 0.6 is 0 Å². The quantitative estimate of drug-likeness (QED) is 0.713. The highest BCUT2D eigenvalue weighted by atomic mass is 28.2. The fraction of sp³-hybridized carbons (Fsp3) is 0.900. The third-order valence-corrected chi connectivity index (χ3v) is 3.28. The van der Waals surface area contributed by atoms with Gasteiger partial charge >= 0.3 is 5.97 Å². The summed E-state index contributed by atoms with van der Waals surface area (Å²) < 4.78 is 16.5. The van der Waals surface area contributed by atoms with E-state index in [0.717, 1.165) is 0 Å².